The molecule has 3 aromatic rings. The smallest absolute Gasteiger partial charge is 0.251 e. The van der Waals surface area contributed by atoms with Gasteiger partial charge in [-0.05, 0) is 54.3 Å². The molecule has 1 atom stereocenters. The topological polar surface area (TPSA) is 66.5 Å². The number of amides is 1. The molecule has 1 unspecified atom stereocenters. The molecule has 0 saturated heterocycles. The van der Waals surface area contributed by atoms with Gasteiger partial charge in [-0.3, -0.25) is 9.10 Å². The van der Waals surface area contributed by atoms with Gasteiger partial charge in [-0.25, -0.2) is 12.8 Å². The Hall–Kier alpha value is -3.19. The highest BCUT2D eigenvalue weighted by molar-refractivity contribution is 7.92. The van der Waals surface area contributed by atoms with Crippen LogP contribution in [0.2, 0.25) is 0 Å². The summed E-state index contributed by atoms with van der Waals surface area (Å²) in [5.74, 6) is -0.840. The van der Waals surface area contributed by atoms with E-state index in [1.54, 1.807) is 30.3 Å². The van der Waals surface area contributed by atoms with Crippen molar-refractivity contribution in [3.05, 3.63) is 101 Å². The van der Waals surface area contributed by atoms with Gasteiger partial charge in [-0.15, -0.1) is 0 Å². The van der Waals surface area contributed by atoms with Gasteiger partial charge < -0.3 is 5.32 Å². The van der Waals surface area contributed by atoms with Crippen LogP contribution in [-0.2, 0) is 23.0 Å². The van der Waals surface area contributed by atoms with Crippen molar-refractivity contribution in [3.8, 4) is 0 Å². The van der Waals surface area contributed by atoms with Crippen LogP contribution in [-0.4, -0.2) is 20.6 Å². The van der Waals surface area contributed by atoms with E-state index in [-0.39, 0.29) is 24.2 Å². The van der Waals surface area contributed by atoms with Gasteiger partial charge in [0.1, 0.15) is 5.82 Å². The molecule has 168 valence electrons. The molecule has 0 aliphatic carbocycles. The van der Waals surface area contributed by atoms with E-state index < -0.39 is 15.8 Å². The molecular formula is C25H27FN2O3S. The fraction of sp³-hybridized carbons (Fsp3) is 0.240. The lowest BCUT2D eigenvalue weighted by molar-refractivity contribution is 0.0940. The number of aryl methyl sites for hydroxylation is 1. The molecule has 0 saturated carbocycles. The summed E-state index contributed by atoms with van der Waals surface area (Å²) in [6.07, 6.45) is 2.00. The van der Waals surface area contributed by atoms with Crippen molar-refractivity contribution in [2.75, 3.05) is 10.6 Å². The number of benzene rings is 3. The van der Waals surface area contributed by atoms with Crippen LogP contribution in [0, 0.1) is 5.82 Å². The van der Waals surface area contributed by atoms with Gasteiger partial charge in [-0.1, -0.05) is 55.5 Å². The number of sulfonamides is 1. The Morgan fingerprint density at radius 2 is 1.56 bits per heavy atom. The van der Waals surface area contributed by atoms with Gasteiger partial charge in [0.2, 0.25) is 10.0 Å². The maximum atomic E-state index is 14.2. The van der Waals surface area contributed by atoms with E-state index in [0.717, 1.165) is 22.5 Å². The van der Waals surface area contributed by atoms with Crippen LogP contribution < -0.4 is 9.62 Å². The molecule has 1 N–H and O–H groups in total. The molecule has 7 heteroatoms. The van der Waals surface area contributed by atoms with Gasteiger partial charge in [-0.2, -0.15) is 0 Å². The summed E-state index contributed by atoms with van der Waals surface area (Å²) in [5.41, 5.74) is 3.34. The van der Waals surface area contributed by atoms with Crippen molar-refractivity contribution in [2.24, 2.45) is 0 Å². The highest BCUT2D eigenvalue weighted by Gasteiger charge is 2.21. The third kappa shape index (κ3) is 5.73. The summed E-state index contributed by atoms with van der Waals surface area (Å²) in [6.45, 7) is 3.98. The minimum atomic E-state index is -3.70. The van der Waals surface area contributed by atoms with E-state index in [0.29, 0.717) is 11.1 Å². The highest BCUT2D eigenvalue weighted by atomic mass is 32.2. The Labute approximate surface area is 188 Å². The normalized spacial score (nSPS) is 12.2. The van der Waals surface area contributed by atoms with Crippen LogP contribution >= 0.6 is 0 Å². The number of para-hydroxylation sites is 1. The van der Waals surface area contributed by atoms with E-state index >= 15 is 0 Å². The number of anilines is 1. The maximum Gasteiger partial charge on any atom is 0.251 e. The second-order valence-corrected chi connectivity index (χ2v) is 9.62. The Morgan fingerprint density at radius 3 is 2.12 bits per heavy atom. The first-order chi connectivity index (χ1) is 15.2. The molecule has 0 heterocycles. The Kier molecular flexibility index (Phi) is 7.30. The number of rotatable bonds is 8. The average Bonchev–Trinajstić information content (AvgIpc) is 2.77. The number of nitrogens with zero attached hydrogens (tertiary/aromatic N) is 1. The summed E-state index contributed by atoms with van der Waals surface area (Å²) in [4.78, 5) is 12.6. The molecule has 0 aliphatic heterocycles. The van der Waals surface area contributed by atoms with E-state index in [4.69, 9.17) is 0 Å². The number of halogens is 1. The minimum absolute atomic E-state index is 0.0141. The van der Waals surface area contributed by atoms with Gasteiger partial charge in [0, 0.05) is 5.56 Å². The molecule has 1 amide bonds. The van der Waals surface area contributed by atoms with Gasteiger partial charge >= 0.3 is 0 Å². The standard InChI is InChI=1S/C25H27FN2O3S/c1-4-19-9-13-21(14-10-19)18(2)27-25(29)22-15-11-20(12-16-22)17-28(32(3,30)31)24-8-6-5-7-23(24)26/h5-16,18H,4,17H2,1-3H3,(H,27,29). The fourth-order valence-corrected chi connectivity index (χ4v) is 4.26. The monoisotopic (exact) mass is 454 g/mol. The van der Waals surface area contributed by atoms with E-state index in [1.165, 1.54) is 23.8 Å². The molecule has 5 nitrogen and oxygen atoms in total. The van der Waals surface area contributed by atoms with Crippen molar-refractivity contribution in [1.82, 2.24) is 5.32 Å². The Morgan fingerprint density at radius 1 is 0.969 bits per heavy atom. The van der Waals surface area contributed by atoms with Crippen molar-refractivity contribution in [2.45, 2.75) is 32.9 Å². The van der Waals surface area contributed by atoms with Gasteiger partial charge in [0.25, 0.3) is 5.91 Å². The summed E-state index contributed by atoms with van der Waals surface area (Å²) in [7, 11) is -3.70. The maximum absolute atomic E-state index is 14.2. The largest absolute Gasteiger partial charge is 0.346 e. The molecule has 0 aromatic heterocycles. The first-order valence-electron chi connectivity index (χ1n) is 10.4. The summed E-state index contributed by atoms with van der Waals surface area (Å²) < 4.78 is 39.7. The van der Waals surface area contributed by atoms with Crippen molar-refractivity contribution < 1.29 is 17.6 Å². The fourth-order valence-electron chi connectivity index (χ4n) is 3.37. The minimum Gasteiger partial charge on any atom is -0.346 e. The second kappa shape index (κ2) is 9.96. The molecular weight excluding hydrogens is 427 g/mol. The summed E-state index contributed by atoms with van der Waals surface area (Å²) >= 11 is 0. The lowest BCUT2D eigenvalue weighted by Crippen LogP contribution is -2.30. The van der Waals surface area contributed by atoms with Gasteiger partial charge in [0.15, 0.2) is 0 Å². The zero-order chi connectivity index (χ0) is 23.3. The quantitative estimate of drug-likeness (QED) is 0.529. The summed E-state index contributed by atoms with van der Waals surface area (Å²) in [6, 6.07) is 20.3. The van der Waals surface area contributed by atoms with Crippen LogP contribution in [0.1, 0.15) is 46.9 Å². The van der Waals surface area contributed by atoms with E-state index in [1.807, 2.05) is 19.1 Å². The van der Waals surface area contributed by atoms with Crippen LogP contribution in [0.15, 0.2) is 72.8 Å². The van der Waals surface area contributed by atoms with Crippen LogP contribution in [0.5, 0.6) is 0 Å². The second-order valence-electron chi connectivity index (χ2n) is 7.71. The lowest BCUT2D eigenvalue weighted by atomic mass is 10.0. The number of carbonyl (C=O) groups excluding carboxylic acids is 1. The third-order valence-corrected chi connectivity index (χ3v) is 6.43. The van der Waals surface area contributed by atoms with Gasteiger partial charge in [0.05, 0.1) is 24.5 Å². The molecule has 0 bridgehead atoms. The molecule has 0 radical (unpaired) electrons. The molecule has 3 rings (SSSR count). The number of hydrogen-bond donors (Lipinski definition) is 1. The van der Waals surface area contributed by atoms with Crippen LogP contribution in [0.4, 0.5) is 10.1 Å². The van der Waals surface area contributed by atoms with Crippen LogP contribution in [0.25, 0.3) is 0 Å². The van der Waals surface area contributed by atoms with E-state index in [9.17, 15) is 17.6 Å². The number of hydrogen-bond acceptors (Lipinski definition) is 3. The first kappa shape index (κ1) is 23.5. The zero-order valence-electron chi connectivity index (χ0n) is 18.4. The lowest BCUT2D eigenvalue weighted by Gasteiger charge is -2.23. The summed E-state index contributed by atoms with van der Waals surface area (Å²) in [5, 5.41) is 2.97. The number of nitrogens with one attached hydrogen (secondary N) is 1. The van der Waals surface area contributed by atoms with Crippen LogP contribution in [0.3, 0.4) is 0 Å². The van der Waals surface area contributed by atoms with Crippen molar-refractivity contribution >= 4 is 21.6 Å². The molecule has 0 spiro atoms. The number of carbonyl (C=O) groups is 1. The molecule has 32 heavy (non-hydrogen) atoms. The average molecular weight is 455 g/mol. The first-order valence-corrected chi connectivity index (χ1v) is 12.2. The Balaban J connectivity index is 1.71. The zero-order valence-corrected chi connectivity index (χ0v) is 19.2. The molecule has 3 aromatic carbocycles. The molecule has 0 aliphatic rings. The van der Waals surface area contributed by atoms with Crippen molar-refractivity contribution in [1.29, 1.82) is 0 Å². The van der Waals surface area contributed by atoms with E-state index in [2.05, 4.69) is 24.4 Å². The Bertz CT molecular complexity index is 1180. The third-order valence-electron chi connectivity index (χ3n) is 5.30. The highest BCUT2D eigenvalue weighted by Crippen LogP contribution is 2.24. The van der Waals surface area contributed by atoms with Crippen molar-refractivity contribution in [3.63, 3.8) is 0 Å². The predicted molar refractivity (Wildman–Crippen MR) is 126 cm³/mol. The molecule has 0 fully saturated rings. The predicted octanol–water partition coefficient (Wildman–Crippen LogP) is 4.85. The SMILES string of the molecule is CCc1ccc(C(C)NC(=O)c2ccc(CN(c3ccccc3F)S(C)(=O)=O)cc2)cc1.